The first kappa shape index (κ1) is 35.5. The van der Waals surface area contributed by atoms with Crippen LogP contribution in [-0.4, -0.2) is 0 Å². The van der Waals surface area contributed by atoms with Crippen LogP contribution in [0.5, 0.6) is 0 Å². The fraction of sp³-hybridized carbons (Fsp3) is 0. The van der Waals surface area contributed by atoms with Crippen molar-refractivity contribution >= 4 is 107 Å². The van der Waals surface area contributed by atoms with Crippen LogP contribution in [0, 0.1) is 0 Å². The van der Waals surface area contributed by atoms with Gasteiger partial charge in [-0.2, -0.15) is 0 Å². The molecule has 0 saturated heterocycles. The van der Waals surface area contributed by atoms with Gasteiger partial charge in [0.05, 0.1) is 0 Å². The average Bonchev–Trinajstić information content (AvgIpc) is 3.93. The molecule has 2 heterocycles. The van der Waals surface area contributed by atoms with Gasteiger partial charge in [0.25, 0.3) is 0 Å². The quantitative estimate of drug-likeness (QED) is 0.161. The van der Waals surface area contributed by atoms with E-state index in [1.165, 1.54) is 113 Å². The van der Waals surface area contributed by atoms with Crippen molar-refractivity contribution in [2.75, 3.05) is 0 Å². The molecule has 2 aromatic heterocycles. The van der Waals surface area contributed by atoms with Crippen molar-refractivity contribution in [2.24, 2.45) is 0 Å². The Hall–Kier alpha value is -8.04. The van der Waals surface area contributed by atoms with E-state index in [9.17, 15) is 0 Å². The maximum atomic E-state index is 6.58. The van der Waals surface area contributed by atoms with Crippen molar-refractivity contribution < 1.29 is 4.42 Å². The van der Waals surface area contributed by atoms with Crippen molar-refractivity contribution in [2.45, 2.75) is 0 Å². The lowest BCUT2D eigenvalue weighted by atomic mass is 9.84. The van der Waals surface area contributed by atoms with E-state index < -0.39 is 0 Å². The van der Waals surface area contributed by atoms with Crippen LogP contribution in [0.25, 0.3) is 140 Å². The molecule has 1 nitrogen and oxygen atoms in total. The Morgan fingerprint density at radius 3 is 1.39 bits per heavy atom. The highest BCUT2D eigenvalue weighted by atomic mass is 32.1. The normalized spacial score (nSPS) is 12.1. The van der Waals surface area contributed by atoms with Crippen LogP contribution in [0.2, 0.25) is 0 Å². The minimum atomic E-state index is 0.906. The molecule has 0 radical (unpaired) electrons. The summed E-state index contributed by atoms with van der Waals surface area (Å²) in [6.07, 6.45) is 0. The Bertz CT molecular complexity index is 4130. The Balaban J connectivity index is 1.02. The number of hydrogen-bond donors (Lipinski definition) is 0. The van der Waals surface area contributed by atoms with Gasteiger partial charge in [-0.1, -0.05) is 182 Å². The fourth-order valence-corrected chi connectivity index (χ4v) is 12.0. The zero-order chi connectivity index (χ0) is 41.9. The summed E-state index contributed by atoms with van der Waals surface area (Å²) in [6.45, 7) is 0. The molecule has 0 spiro atoms. The van der Waals surface area contributed by atoms with Gasteiger partial charge in [-0.3, -0.25) is 0 Å². The van der Waals surface area contributed by atoms with E-state index in [1.807, 2.05) is 11.3 Å². The van der Waals surface area contributed by atoms with Crippen LogP contribution in [0.3, 0.4) is 0 Å². The predicted octanol–water partition coefficient (Wildman–Crippen LogP) is 18.4. The van der Waals surface area contributed by atoms with Crippen molar-refractivity contribution in [3.8, 4) is 44.5 Å². The third-order valence-electron chi connectivity index (χ3n) is 13.6. The zero-order valence-corrected chi connectivity index (χ0v) is 35.4. The van der Waals surface area contributed by atoms with Crippen LogP contribution < -0.4 is 0 Å². The summed E-state index contributed by atoms with van der Waals surface area (Å²) < 4.78 is 9.16. The van der Waals surface area contributed by atoms with E-state index in [0.717, 1.165) is 27.3 Å². The van der Waals surface area contributed by atoms with Crippen LogP contribution >= 0.6 is 11.3 Å². The second-order valence-electron chi connectivity index (χ2n) is 17.0. The van der Waals surface area contributed by atoms with E-state index >= 15 is 0 Å². The van der Waals surface area contributed by atoms with Crippen LogP contribution in [0.1, 0.15) is 0 Å². The molecule has 14 aromatic rings. The maximum Gasteiger partial charge on any atom is 0.143 e. The molecule has 0 bridgehead atoms. The molecule has 0 fully saturated rings. The molecule has 0 aliphatic carbocycles. The number of furan rings is 1. The SMILES string of the molecule is c1ccc(-c2c3ccccc3c(-c3ccc4sc5cccc(-c6c7ccccc7c(-c7ccc8oc9c%10ccccc%10ccc9c8c7)c7ccccc67)c5c4c3)c3ccccc23)cc1. The molecular weight excluding hydrogens is 793 g/mol. The van der Waals surface area contributed by atoms with Crippen LogP contribution in [0.15, 0.2) is 223 Å². The van der Waals surface area contributed by atoms with Gasteiger partial charge in [-0.05, 0) is 129 Å². The summed E-state index contributed by atoms with van der Waals surface area (Å²) in [5.74, 6) is 0. The maximum absolute atomic E-state index is 6.58. The Morgan fingerprint density at radius 1 is 0.281 bits per heavy atom. The van der Waals surface area contributed by atoms with Crippen molar-refractivity contribution in [3.05, 3.63) is 218 Å². The molecule has 0 aliphatic heterocycles. The first-order chi connectivity index (χ1) is 31.8. The van der Waals surface area contributed by atoms with E-state index in [4.69, 9.17) is 4.42 Å². The fourth-order valence-electron chi connectivity index (χ4n) is 10.9. The van der Waals surface area contributed by atoms with Gasteiger partial charge in [-0.25, -0.2) is 0 Å². The number of rotatable bonds is 4. The highest BCUT2D eigenvalue weighted by molar-refractivity contribution is 7.26. The lowest BCUT2D eigenvalue weighted by Crippen LogP contribution is -1.91. The Kier molecular flexibility index (Phi) is 7.63. The van der Waals surface area contributed by atoms with Gasteiger partial charge in [0.1, 0.15) is 11.2 Å². The minimum absolute atomic E-state index is 0.906. The molecule has 14 rings (SSSR count). The topological polar surface area (TPSA) is 13.1 Å². The second-order valence-corrected chi connectivity index (χ2v) is 18.1. The predicted molar refractivity (Wildman–Crippen MR) is 276 cm³/mol. The van der Waals surface area contributed by atoms with E-state index in [-0.39, 0.29) is 0 Å². The minimum Gasteiger partial charge on any atom is -0.455 e. The van der Waals surface area contributed by atoms with Gasteiger partial charge >= 0.3 is 0 Å². The largest absolute Gasteiger partial charge is 0.455 e. The highest BCUT2D eigenvalue weighted by Gasteiger charge is 2.22. The Labute approximate surface area is 372 Å². The molecule has 0 amide bonds. The first-order valence-corrected chi connectivity index (χ1v) is 22.8. The Morgan fingerprint density at radius 2 is 0.781 bits per heavy atom. The molecule has 0 saturated carbocycles. The van der Waals surface area contributed by atoms with E-state index in [1.54, 1.807) is 0 Å². The summed E-state index contributed by atoms with van der Waals surface area (Å²) in [5, 5.41) is 17.2. The van der Waals surface area contributed by atoms with Crippen molar-refractivity contribution in [3.63, 3.8) is 0 Å². The summed E-state index contributed by atoms with van der Waals surface area (Å²) >= 11 is 1.89. The molecular formula is C62H36OS. The van der Waals surface area contributed by atoms with Gasteiger partial charge in [-0.15, -0.1) is 11.3 Å². The smallest absolute Gasteiger partial charge is 0.143 e. The van der Waals surface area contributed by atoms with Crippen LogP contribution in [-0.2, 0) is 0 Å². The molecule has 296 valence electrons. The van der Waals surface area contributed by atoms with Gasteiger partial charge < -0.3 is 4.42 Å². The molecule has 12 aromatic carbocycles. The molecule has 0 unspecified atom stereocenters. The summed E-state index contributed by atoms with van der Waals surface area (Å²) in [7, 11) is 0. The average molecular weight is 829 g/mol. The van der Waals surface area contributed by atoms with E-state index in [0.29, 0.717) is 0 Å². The third-order valence-corrected chi connectivity index (χ3v) is 14.8. The summed E-state index contributed by atoms with van der Waals surface area (Å²) in [6, 6.07) is 80.5. The van der Waals surface area contributed by atoms with Crippen molar-refractivity contribution in [1.82, 2.24) is 0 Å². The molecule has 64 heavy (non-hydrogen) atoms. The summed E-state index contributed by atoms with van der Waals surface area (Å²) in [5.41, 5.74) is 11.8. The van der Waals surface area contributed by atoms with Crippen LogP contribution in [0.4, 0.5) is 0 Å². The molecule has 0 atom stereocenters. The second kappa shape index (κ2) is 13.7. The lowest BCUT2D eigenvalue weighted by molar-refractivity contribution is 0.672. The van der Waals surface area contributed by atoms with Gasteiger partial charge in [0.2, 0.25) is 0 Å². The summed E-state index contributed by atoms with van der Waals surface area (Å²) in [4.78, 5) is 0. The standard InChI is InChI=1S/C62H36OS/c1-2-16-38(17-3-1)57-42-19-6-8-21-44(42)59(45-22-9-7-20-43(45)57)40-31-34-55-53(36-40)61-51(27-14-28-56(61)64-55)60-48-25-12-10-23-46(48)58(47-24-11-13-26-49(47)60)39-30-33-54-52(35-39)50-32-29-37-15-4-5-18-41(37)62(50)63-54/h1-36H. The number of fused-ring (bicyclic) bond motifs is 12. The highest BCUT2D eigenvalue weighted by Crippen LogP contribution is 2.50. The van der Waals surface area contributed by atoms with E-state index in [2.05, 4.69) is 218 Å². The van der Waals surface area contributed by atoms with Gasteiger partial charge in [0, 0.05) is 36.3 Å². The number of hydrogen-bond acceptors (Lipinski definition) is 2. The lowest BCUT2D eigenvalue weighted by Gasteiger charge is -2.19. The van der Waals surface area contributed by atoms with Gasteiger partial charge in [0.15, 0.2) is 0 Å². The molecule has 2 heteroatoms. The number of benzene rings is 12. The third kappa shape index (κ3) is 5.12. The molecule has 0 N–H and O–H groups in total. The molecule has 0 aliphatic rings. The number of thiophene rings is 1. The monoisotopic (exact) mass is 828 g/mol. The first-order valence-electron chi connectivity index (χ1n) is 22.0. The van der Waals surface area contributed by atoms with Crippen molar-refractivity contribution in [1.29, 1.82) is 0 Å². The zero-order valence-electron chi connectivity index (χ0n) is 34.6.